The molecule has 0 aliphatic heterocycles. The molecule has 1 heterocycles. The third-order valence-corrected chi connectivity index (χ3v) is 4.04. The summed E-state index contributed by atoms with van der Waals surface area (Å²) in [6.45, 7) is 6.33. The zero-order chi connectivity index (χ0) is 16.9. The van der Waals surface area contributed by atoms with E-state index in [9.17, 15) is 4.79 Å². The highest BCUT2D eigenvalue weighted by atomic mass is 35.5. The predicted molar refractivity (Wildman–Crippen MR) is 105 cm³/mol. The molecular formula is C18H25Cl2N3O2. The fraction of sp³-hybridized carbons (Fsp3) is 0.333. The van der Waals surface area contributed by atoms with Crippen LogP contribution in [-0.4, -0.2) is 23.0 Å². The molecule has 0 saturated heterocycles. The molecule has 7 heteroatoms. The van der Waals surface area contributed by atoms with E-state index in [1.807, 2.05) is 51.1 Å². The van der Waals surface area contributed by atoms with Crippen LogP contribution in [0.15, 0.2) is 48.7 Å². The van der Waals surface area contributed by atoms with Gasteiger partial charge in [0.15, 0.2) is 0 Å². The van der Waals surface area contributed by atoms with Crippen LogP contribution in [0.4, 0.5) is 0 Å². The molecule has 1 aromatic heterocycles. The molecule has 1 unspecified atom stereocenters. The van der Waals surface area contributed by atoms with E-state index in [-0.39, 0.29) is 36.6 Å². The number of benzene rings is 1. The lowest BCUT2D eigenvalue weighted by Crippen LogP contribution is -2.55. The zero-order valence-corrected chi connectivity index (χ0v) is 16.2. The Kier molecular flexibility index (Phi) is 9.49. The zero-order valence-electron chi connectivity index (χ0n) is 14.6. The molecule has 0 radical (unpaired) electrons. The van der Waals surface area contributed by atoms with E-state index in [0.29, 0.717) is 23.7 Å². The van der Waals surface area contributed by atoms with Gasteiger partial charge in [0.1, 0.15) is 17.2 Å². The predicted octanol–water partition coefficient (Wildman–Crippen LogP) is 3.82. The summed E-state index contributed by atoms with van der Waals surface area (Å²) in [6.07, 6.45) is 1.56. The Labute approximate surface area is 161 Å². The van der Waals surface area contributed by atoms with Crippen LogP contribution >= 0.6 is 24.8 Å². The molecule has 25 heavy (non-hydrogen) atoms. The quantitative estimate of drug-likeness (QED) is 0.791. The van der Waals surface area contributed by atoms with Crippen LogP contribution in [0.25, 0.3) is 0 Å². The summed E-state index contributed by atoms with van der Waals surface area (Å²) in [5, 5.41) is 2.97. The lowest BCUT2D eigenvalue weighted by Gasteiger charge is -2.33. The Morgan fingerprint density at radius 3 is 2.40 bits per heavy atom. The van der Waals surface area contributed by atoms with Gasteiger partial charge in [-0.25, -0.2) is 0 Å². The van der Waals surface area contributed by atoms with Crippen molar-refractivity contribution in [3.05, 3.63) is 54.4 Å². The maximum Gasteiger partial charge on any atom is 0.270 e. The van der Waals surface area contributed by atoms with Crippen molar-refractivity contribution < 1.29 is 9.53 Å². The SMILES string of the molecule is CC(C)C(C)(CN)NC(=O)c1cc(Oc2ccccc2)ccn1.Cl.Cl. The molecule has 0 saturated carbocycles. The highest BCUT2D eigenvalue weighted by Crippen LogP contribution is 2.21. The molecule has 5 nitrogen and oxygen atoms in total. The second-order valence-electron chi connectivity index (χ2n) is 6.02. The number of rotatable bonds is 6. The van der Waals surface area contributed by atoms with Gasteiger partial charge < -0.3 is 15.8 Å². The van der Waals surface area contributed by atoms with Gasteiger partial charge in [0.2, 0.25) is 0 Å². The molecular weight excluding hydrogens is 361 g/mol. The first-order valence-corrected chi connectivity index (χ1v) is 7.66. The molecule has 3 N–H and O–H groups in total. The van der Waals surface area contributed by atoms with Gasteiger partial charge in [-0.1, -0.05) is 32.0 Å². The summed E-state index contributed by atoms with van der Waals surface area (Å²) >= 11 is 0. The van der Waals surface area contributed by atoms with Gasteiger partial charge in [-0.15, -0.1) is 24.8 Å². The van der Waals surface area contributed by atoms with Crippen molar-refractivity contribution in [2.24, 2.45) is 11.7 Å². The summed E-state index contributed by atoms with van der Waals surface area (Å²) in [5.41, 5.74) is 5.63. The first-order valence-electron chi connectivity index (χ1n) is 7.66. The third-order valence-electron chi connectivity index (χ3n) is 4.04. The van der Waals surface area contributed by atoms with Gasteiger partial charge >= 0.3 is 0 Å². The largest absolute Gasteiger partial charge is 0.457 e. The van der Waals surface area contributed by atoms with Crippen molar-refractivity contribution >= 4 is 30.7 Å². The first kappa shape index (κ1) is 23.2. The van der Waals surface area contributed by atoms with Crippen molar-refractivity contribution in [1.29, 1.82) is 0 Å². The number of nitrogens with zero attached hydrogens (tertiary/aromatic N) is 1. The highest BCUT2D eigenvalue weighted by Gasteiger charge is 2.29. The number of pyridine rings is 1. The molecule has 0 aliphatic rings. The van der Waals surface area contributed by atoms with Crippen LogP contribution in [0.5, 0.6) is 11.5 Å². The van der Waals surface area contributed by atoms with E-state index in [0.717, 1.165) is 0 Å². The average Bonchev–Trinajstić information content (AvgIpc) is 2.55. The van der Waals surface area contributed by atoms with E-state index in [1.165, 1.54) is 0 Å². The van der Waals surface area contributed by atoms with E-state index in [2.05, 4.69) is 10.3 Å². The maximum atomic E-state index is 12.4. The number of carbonyl (C=O) groups is 1. The number of carbonyl (C=O) groups excluding carboxylic acids is 1. The lowest BCUT2D eigenvalue weighted by atomic mass is 9.88. The minimum Gasteiger partial charge on any atom is -0.457 e. The molecule has 138 valence electrons. The standard InChI is InChI=1S/C18H23N3O2.2ClH/c1-13(2)18(3,12-19)21-17(22)16-11-15(9-10-20-16)23-14-7-5-4-6-8-14;;/h4-11,13H,12,19H2,1-3H3,(H,21,22);2*1H. The fourth-order valence-corrected chi connectivity index (χ4v) is 1.98. The second kappa shape index (κ2) is 10.2. The summed E-state index contributed by atoms with van der Waals surface area (Å²) in [4.78, 5) is 16.6. The van der Waals surface area contributed by atoms with Crippen molar-refractivity contribution in [3.63, 3.8) is 0 Å². The molecule has 0 bridgehead atoms. The Balaban J connectivity index is 0.00000288. The number of amides is 1. The molecule has 2 aromatic rings. The molecule has 1 aromatic carbocycles. The van der Waals surface area contributed by atoms with Crippen molar-refractivity contribution in [1.82, 2.24) is 10.3 Å². The topological polar surface area (TPSA) is 77.2 Å². The summed E-state index contributed by atoms with van der Waals surface area (Å²) in [7, 11) is 0. The number of hydrogen-bond acceptors (Lipinski definition) is 4. The Morgan fingerprint density at radius 1 is 1.20 bits per heavy atom. The number of hydrogen-bond donors (Lipinski definition) is 2. The van der Waals surface area contributed by atoms with Gasteiger partial charge in [-0.05, 0) is 31.0 Å². The number of para-hydroxylation sites is 1. The Bertz CT molecular complexity index is 668. The van der Waals surface area contributed by atoms with Gasteiger partial charge in [-0.2, -0.15) is 0 Å². The van der Waals surface area contributed by atoms with Crippen LogP contribution in [0.3, 0.4) is 0 Å². The number of halogens is 2. The summed E-state index contributed by atoms with van der Waals surface area (Å²) < 4.78 is 5.73. The average molecular weight is 386 g/mol. The Morgan fingerprint density at radius 2 is 1.84 bits per heavy atom. The normalized spacial score (nSPS) is 12.4. The smallest absolute Gasteiger partial charge is 0.270 e. The minimum absolute atomic E-state index is 0. The number of ether oxygens (including phenoxy) is 1. The van der Waals surface area contributed by atoms with Crippen LogP contribution in [0.2, 0.25) is 0 Å². The van der Waals surface area contributed by atoms with Crippen molar-refractivity contribution in [3.8, 4) is 11.5 Å². The molecule has 0 aliphatic carbocycles. The minimum atomic E-state index is -0.477. The van der Waals surface area contributed by atoms with Crippen LogP contribution < -0.4 is 15.8 Å². The number of nitrogens with two attached hydrogens (primary N) is 1. The molecule has 0 fully saturated rings. The molecule has 1 amide bonds. The number of nitrogens with one attached hydrogen (secondary N) is 1. The second-order valence-corrected chi connectivity index (χ2v) is 6.02. The molecule has 2 rings (SSSR count). The van der Waals surface area contributed by atoms with Gasteiger partial charge in [0.25, 0.3) is 5.91 Å². The first-order chi connectivity index (χ1) is 10.9. The van der Waals surface area contributed by atoms with Crippen LogP contribution in [0.1, 0.15) is 31.3 Å². The van der Waals surface area contributed by atoms with Gasteiger partial charge in [0.05, 0.1) is 5.54 Å². The van der Waals surface area contributed by atoms with Crippen LogP contribution in [0, 0.1) is 5.92 Å². The molecule has 1 atom stereocenters. The van der Waals surface area contributed by atoms with Gasteiger partial charge in [0, 0.05) is 18.8 Å². The maximum absolute atomic E-state index is 12.4. The summed E-state index contributed by atoms with van der Waals surface area (Å²) in [6, 6.07) is 12.7. The van der Waals surface area contributed by atoms with Crippen molar-refractivity contribution in [2.45, 2.75) is 26.3 Å². The van der Waals surface area contributed by atoms with Gasteiger partial charge in [-0.3, -0.25) is 9.78 Å². The summed E-state index contributed by atoms with van der Waals surface area (Å²) in [5.74, 6) is 1.22. The Hall–Kier alpha value is -1.82. The third kappa shape index (κ3) is 6.20. The van der Waals surface area contributed by atoms with E-state index >= 15 is 0 Å². The highest BCUT2D eigenvalue weighted by molar-refractivity contribution is 5.93. The van der Waals surface area contributed by atoms with Crippen molar-refractivity contribution in [2.75, 3.05) is 6.54 Å². The van der Waals surface area contributed by atoms with Crippen LogP contribution in [-0.2, 0) is 0 Å². The molecule has 0 spiro atoms. The fourth-order valence-electron chi connectivity index (χ4n) is 1.98. The monoisotopic (exact) mass is 385 g/mol. The van der Waals surface area contributed by atoms with E-state index in [1.54, 1.807) is 18.3 Å². The number of aromatic nitrogens is 1. The lowest BCUT2D eigenvalue weighted by molar-refractivity contribution is 0.0877. The van der Waals surface area contributed by atoms with E-state index in [4.69, 9.17) is 10.5 Å². The van der Waals surface area contributed by atoms with E-state index < -0.39 is 5.54 Å².